The Morgan fingerprint density at radius 2 is 2.08 bits per heavy atom. The summed E-state index contributed by atoms with van der Waals surface area (Å²) in [5.74, 6) is 0.105. The van der Waals surface area contributed by atoms with E-state index in [1.807, 2.05) is 18.2 Å². The number of hydrogen-bond donors (Lipinski definition) is 1. The number of para-hydroxylation sites is 2. The summed E-state index contributed by atoms with van der Waals surface area (Å²) in [6.45, 7) is 0.254. The van der Waals surface area contributed by atoms with E-state index in [0.29, 0.717) is 18.0 Å². The fourth-order valence-corrected chi connectivity index (χ4v) is 3.35. The molecule has 0 bridgehead atoms. The van der Waals surface area contributed by atoms with Crippen LogP contribution in [0.2, 0.25) is 0 Å². The lowest BCUT2D eigenvalue weighted by molar-refractivity contribution is -0.124. The molecule has 0 radical (unpaired) electrons. The van der Waals surface area contributed by atoms with Gasteiger partial charge in [-0.1, -0.05) is 24.3 Å². The van der Waals surface area contributed by atoms with Crippen molar-refractivity contribution in [3.63, 3.8) is 0 Å². The topological polar surface area (TPSA) is 58.6 Å². The van der Waals surface area contributed by atoms with Crippen molar-refractivity contribution in [2.45, 2.75) is 24.8 Å². The minimum absolute atomic E-state index is 0.0159. The molecular weight excluding hydrogens is 335 g/mol. The van der Waals surface area contributed by atoms with Crippen molar-refractivity contribution in [1.82, 2.24) is 5.32 Å². The molecule has 134 valence electrons. The van der Waals surface area contributed by atoms with Crippen LogP contribution in [0.1, 0.15) is 24.3 Å². The lowest BCUT2D eigenvalue weighted by Crippen LogP contribution is -2.41. The van der Waals surface area contributed by atoms with Crippen molar-refractivity contribution in [2.24, 2.45) is 0 Å². The van der Waals surface area contributed by atoms with Gasteiger partial charge in [0.1, 0.15) is 18.1 Å². The normalized spacial score (nSPS) is 21.4. The smallest absolute Gasteiger partial charge is 0.240 e. The molecule has 1 aliphatic heterocycles. The lowest BCUT2D eigenvalue weighted by Gasteiger charge is -2.21. The maximum absolute atomic E-state index is 13.3. The SMILES string of the molecule is O=C(CN1C(=O)CCOc2ccccc21)N[C@@H]1C[C@H]1c1cccc(F)c1. The second-order valence-corrected chi connectivity index (χ2v) is 6.62. The summed E-state index contributed by atoms with van der Waals surface area (Å²) >= 11 is 0. The van der Waals surface area contributed by atoms with Crippen LogP contribution in [0.15, 0.2) is 48.5 Å². The quantitative estimate of drug-likeness (QED) is 0.918. The van der Waals surface area contributed by atoms with Crippen molar-refractivity contribution in [1.29, 1.82) is 0 Å². The van der Waals surface area contributed by atoms with Crippen LogP contribution in [-0.4, -0.2) is 31.0 Å². The number of anilines is 1. The molecule has 1 fully saturated rings. The van der Waals surface area contributed by atoms with Gasteiger partial charge in [0, 0.05) is 12.0 Å². The van der Waals surface area contributed by atoms with E-state index in [2.05, 4.69) is 5.32 Å². The molecule has 0 aromatic heterocycles. The molecule has 1 saturated carbocycles. The molecule has 2 aliphatic rings. The first-order valence-corrected chi connectivity index (χ1v) is 8.69. The molecule has 0 spiro atoms. The maximum atomic E-state index is 13.3. The van der Waals surface area contributed by atoms with Crippen LogP contribution in [0.25, 0.3) is 0 Å². The standard InChI is InChI=1S/C20H19FN2O3/c21-14-5-3-4-13(10-14)15-11-16(15)22-19(24)12-23-17-6-1-2-7-18(17)26-9-8-20(23)25/h1-7,10,15-16H,8-9,11-12H2,(H,22,24)/t15-,16+/m0/s1. The number of ether oxygens (including phenoxy) is 1. The van der Waals surface area contributed by atoms with Crippen LogP contribution in [0, 0.1) is 5.82 Å². The summed E-state index contributed by atoms with van der Waals surface area (Å²) in [6, 6.07) is 13.6. The van der Waals surface area contributed by atoms with Crippen LogP contribution in [0.5, 0.6) is 5.75 Å². The number of carbonyl (C=O) groups excluding carboxylic acids is 2. The van der Waals surface area contributed by atoms with Gasteiger partial charge < -0.3 is 10.1 Å². The van der Waals surface area contributed by atoms with Gasteiger partial charge >= 0.3 is 0 Å². The summed E-state index contributed by atoms with van der Waals surface area (Å²) in [5, 5.41) is 2.94. The molecule has 0 unspecified atom stereocenters. The molecule has 1 aliphatic carbocycles. The van der Waals surface area contributed by atoms with Crippen molar-refractivity contribution in [3.8, 4) is 5.75 Å². The highest BCUT2D eigenvalue weighted by Gasteiger charge is 2.40. The second kappa shape index (κ2) is 6.78. The number of nitrogens with zero attached hydrogens (tertiary/aromatic N) is 1. The Bertz CT molecular complexity index is 854. The fourth-order valence-electron chi connectivity index (χ4n) is 3.35. The van der Waals surface area contributed by atoms with Crippen molar-refractivity contribution < 1.29 is 18.7 Å². The molecule has 2 amide bonds. The van der Waals surface area contributed by atoms with Gasteiger partial charge in [-0.15, -0.1) is 0 Å². The summed E-state index contributed by atoms with van der Waals surface area (Å²) in [7, 11) is 0. The average molecular weight is 354 g/mol. The Morgan fingerprint density at radius 3 is 2.92 bits per heavy atom. The Hall–Kier alpha value is -2.89. The van der Waals surface area contributed by atoms with E-state index in [4.69, 9.17) is 4.74 Å². The second-order valence-electron chi connectivity index (χ2n) is 6.62. The zero-order valence-electron chi connectivity index (χ0n) is 14.2. The van der Waals surface area contributed by atoms with Gasteiger partial charge in [0.05, 0.1) is 18.7 Å². The molecule has 26 heavy (non-hydrogen) atoms. The van der Waals surface area contributed by atoms with E-state index in [-0.39, 0.29) is 42.6 Å². The molecular formula is C20H19FN2O3. The van der Waals surface area contributed by atoms with Crippen molar-refractivity contribution in [2.75, 3.05) is 18.1 Å². The first kappa shape index (κ1) is 16.6. The van der Waals surface area contributed by atoms with E-state index in [0.717, 1.165) is 12.0 Å². The third-order valence-corrected chi connectivity index (χ3v) is 4.75. The highest BCUT2D eigenvalue weighted by atomic mass is 19.1. The Labute approximate surface area is 150 Å². The van der Waals surface area contributed by atoms with Gasteiger partial charge in [0.2, 0.25) is 11.8 Å². The van der Waals surface area contributed by atoms with E-state index in [1.165, 1.54) is 17.0 Å². The van der Waals surface area contributed by atoms with Gasteiger partial charge in [0.25, 0.3) is 0 Å². The maximum Gasteiger partial charge on any atom is 0.240 e. The van der Waals surface area contributed by atoms with Crippen LogP contribution in [-0.2, 0) is 9.59 Å². The van der Waals surface area contributed by atoms with Gasteiger partial charge in [-0.3, -0.25) is 14.5 Å². The zero-order chi connectivity index (χ0) is 18.1. The van der Waals surface area contributed by atoms with E-state index in [9.17, 15) is 14.0 Å². The summed E-state index contributed by atoms with van der Waals surface area (Å²) < 4.78 is 18.9. The molecule has 2 aromatic carbocycles. The molecule has 0 saturated heterocycles. The highest BCUT2D eigenvalue weighted by molar-refractivity contribution is 6.00. The number of benzene rings is 2. The largest absolute Gasteiger partial charge is 0.491 e. The Morgan fingerprint density at radius 1 is 1.23 bits per heavy atom. The number of amides is 2. The van der Waals surface area contributed by atoms with Crippen molar-refractivity contribution >= 4 is 17.5 Å². The first-order valence-electron chi connectivity index (χ1n) is 8.69. The van der Waals surface area contributed by atoms with Gasteiger partial charge in [-0.05, 0) is 36.2 Å². The zero-order valence-corrected chi connectivity index (χ0v) is 14.2. The van der Waals surface area contributed by atoms with Gasteiger partial charge in [-0.25, -0.2) is 4.39 Å². The van der Waals surface area contributed by atoms with Crippen LogP contribution in [0.3, 0.4) is 0 Å². The number of nitrogens with one attached hydrogen (secondary N) is 1. The Kier molecular flexibility index (Phi) is 4.32. The molecule has 6 heteroatoms. The molecule has 5 nitrogen and oxygen atoms in total. The number of halogens is 1. The lowest BCUT2D eigenvalue weighted by atomic mass is 10.1. The number of fused-ring (bicyclic) bond motifs is 1. The number of carbonyl (C=O) groups is 2. The van der Waals surface area contributed by atoms with Crippen LogP contribution in [0.4, 0.5) is 10.1 Å². The average Bonchev–Trinajstić information content (AvgIpc) is 3.40. The third kappa shape index (κ3) is 3.40. The van der Waals surface area contributed by atoms with E-state index < -0.39 is 0 Å². The van der Waals surface area contributed by atoms with E-state index in [1.54, 1.807) is 18.2 Å². The van der Waals surface area contributed by atoms with Crippen LogP contribution >= 0.6 is 0 Å². The molecule has 2 aromatic rings. The number of rotatable bonds is 4. The minimum Gasteiger partial charge on any atom is -0.491 e. The summed E-state index contributed by atoms with van der Waals surface area (Å²) in [5.41, 5.74) is 1.50. The highest BCUT2D eigenvalue weighted by Crippen LogP contribution is 2.41. The van der Waals surface area contributed by atoms with Crippen LogP contribution < -0.4 is 15.0 Å². The summed E-state index contributed by atoms with van der Waals surface area (Å²) in [4.78, 5) is 26.3. The Balaban J connectivity index is 1.41. The third-order valence-electron chi connectivity index (χ3n) is 4.75. The monoisotopic (exact) mass is 354 g/mol. The molecule has 1 N–H and O–H groups in total. The molecule has 4 rings (SSSR count). The first-order chi connectivity index (χ1) is 12.6. The van der Waals surface area contributed by atoms with Gasteiger partial charge in [-0.2, -0.15) is 0 Å². The molecule has 2 atom stereocenters. The fraction of sp³-hybridized carbons (Fsp3) is 0.300. The minimum atomic E-state index is -0.272. The van der Waals surface area contributed by atoms with E-state index >= 15 is 0 Å². The number of hydrogen-bond acceptors (Lipinski definition) is 3. The van der Waals surface area contributed by atoms with Crippen molar-refractivity contribution in [3.05, 3.63) is 59.9 Å². The summed E-state index contributed by atoms with van der Waals surface area (Å²) in [6.07, 6.45) is 1.01. The predicted octanol–water partition coefficient (Wildman–Crippen LogP) is 2.61. The predicted molar refractivity (Wildman–Crippen MR) is 94.6 cm³/mol. The van der Waals surface area contributed by atoms with Gasteiger partial charge in [0.15, 0.2) is 0 Å². The molecule has 1 heterocycles.